The minimum absolute atomic E-state index is 0.0443. The second-order valence-electron chi connectivity index (χ2n) is 12.3. The summed E-state index contributed by atoms with van der Waals surface area (Å²) in [4.78, 5) is 12.8. The van der Waals surface area contributed by atoms with Crippen LogP contribution in [0.1, 0.15) is 69.4 Å². The average molecular weight is 535 g/mol. The summed E-state index contributed by atoms with van der Waals surface area (Å²) in [7, 11) is 6.49. The van der Waals surface area contributed by atoms with Gasteiger partial charge in [0, 0.05) is 57.4 Å². The van der Waals surface area contributed by atoms with Gasteiger partial charge in [-0.25, -0.2) is 9.37 Å². The van der Waals surface area contributed by atoms with E-state index in [2.05, 4.69) is 84.7 Å². The van der Waals surface area contributed by atoms with Crippen LogP contribution in [0.15, 0.2) is 42.5 Å². The van der Waals surface area contributed by atoms with Crippen molar-refractivity contribution in [2.24, 2.45) is 7.05 Å². The van der Waals surface area contributed by atoms with E-state index in [4.69, 9.17) is 4.98 Å². The molecule has 0 radical (unpaired) electrons. The van der Waals surface area contributed by atoms with Gasteiger partial charge in [-0.15, -0.1) is 0 Å². The Bertz CT molecular complexity index is 1230. The highest BCUT2D eigenvalue weighted by molar-refractivity contribution is 5.77. The molecule has 2 saturated heterocycles. The summed E-state index contributed by atoms with van der Waals surface area (Å²) in [5.41, 5.74) is 4.81. The Hall–Kier alpha value is -2.32. The summed E-state index contributed by atoms with van der Waals surface area (Å²) in [5, 5.41) is 3.68. The van der Waals surface area contributed by atoms with Crippen molar-refractivity contribution in [2.45, 2.75) is 76.7 Å². The topological polar surface area (TPSA) is 39.6 Å². The Morgan fingerprint density at radius 2 is 1.72 bits per heavy atom. The molecule has 3 atom stereocenters. The highest BCUT2D eigenvalue weighted by Gasteiger charge is 2.38. The van der Waals surface area contributed by atoms with Crippen molar-refractivity contribution < 1.29 is 4.39 Å². The molecule has 2 aliphatic rings. The zero-order valence-electron chi connectivity index (χ0n) is 24.8. The average Bonchev–Trinajstić information content (AvgIpc) is 3.22. The maximum atomic E-state index is 13.6. The highest BCUT2D eigenvalue weighted by Crippen LogP contribution is 2.38. The van der Waals surface area contributed by atoms with Crippen molar-refractivity contribution in [3.63, 3.8) is 0 Å². The first-order valence-corrected chi connectivity index (χ1v) is 14.8. The number of piperidine rings is 1. The first-order valence-electron chi connectivity index (χ1n) is 14.8. The van der Waals surface area contributed by atoms with E-state index < -0.39 is 0 Å². The summed E-state index contributed by atoms with van der Waals surface area (Å²) in [6.07, 6.45) is 4.33. The molecule has 0 spiro atoms. The molecule has 2 aromatic carbocycles. The van der Waals surface area contributed by atoms with Gasteiger partial charge in [-0.05, 0) is 82.6 Å². The number of hydrogen-bond acceptors (Lipinski definition) is 5. The molecule has 2 fully saturated rings. The van der Waals surface area contributed by atoms with Crippen LogP contribution >= 0.6 is 0 Å². The van der Waals surface area contributed by atoms with Gasteiger partial charge in [-0.1, -0.05) is 31.5 Å². The van der Waals surface area contributed by atoms with Crippen LogP contribution < -0.4 is 5.32 Å². The van der Waals surface area contributed by atoms with Crippen LogP contribution in [-0.2, 0) is 19.1 Å². The molecule has 0 aliphatic carbocycles. The molecule has 212 valence electrons. The Morgan fingerprint density at radius 3 is 2.33 bits per heavy atom. The summed E-state index contributed by atoms with van der Waals surface area (Å²) >= 11 is 0. The van der Waals surface area contributed by atoms with E-state index in [0.717, 1.165) is 63.9 Å². The number of nitrogens with zero attached hydrogens (tertiary/aromatic N) is 5. The summed E-state index contributed by atoms with van der Waals surface area (Å²) in [6, 6.07) is 15.3. The summed E-state index contributed by atoms with van der Waals surface area (Å²) in [5.74, 6) is 1.02. The Kier molecular flexibility index (Phi) is 8.43. The normalized spacial score (nSPS) is 23.5. The SMILES string of the molecule is CCCC(c1nc2cc(CN3CCC(c4ccc(F)cc4)(N(C)C)CC3)ccc2n1C)N1C[C@@H](C)N[C@@H](C)C1. The van der Waals surface area contributed by atoms with Gasteiger partial charge in [0.25, 0.3) is 0 Å². The van der Waals surface area contributed by atoms with Gasteiger partial charge in [-0.3, -0.25) is 14.7 Å². The van der Waals surface area contributed by atoms with Gasteiger partial charge in [-0.2, -0.15) is 0 Å². The van der Waals surface area contributed by atoms with Crippen molar-refractivity contribution in [3.05, 3.63) is 65.2 Å². The number of benzene rings is 2. The lowest BCUT2D eigenvalue weighted by Gasteiger charge is -2.46. The number of hydrogen-bond donors (Lipinski definition) is 1. The van der Waals surface area contributed by atoms with Crippen LogP contribution in [0.4, 0.5) is 4.39 Å². The molecule has 7 heteroatoms. The molecule has 39 heavy (non-hydrogen) atoms. The molecule has 1 N–H and O–H groups in total. The number of aromatic nitrogens is 2. The van der Waals surface area contributed by atoms with Gasteiger partial charge in [0.05, 0.1) is 17.1 Å². The van der Waals surface area contributed by atoms with Crippen LogP contribution in [0.2, 0.25) is 0 Å². The van der Waals surface area contributed by atoms with Gasteiger partial charge in [0.2, 0.25) is 0 Å². The fourth-order valence-corrected chi connectivity index (χ4v) is 7.13. The second kappa shape index (κ2) is 11.7. The van der Waals surface area contributed by atoms with Crippen LogP contribution in [0.3, 0.4) is 0 Å². The highest BCUT2D eigenvalue weighted by atomic mass is 19.1. The molecular weight excluding hydrogens is 487 g/mol. The Labute approximate surface area is 234 Å². The number of halogens is 1. The fraction of sp³-hybridized carbons (Fsp3) is 0.594. The fourth-order valence-electron chi connectivity index (χ4n) is 7.13. The number of aryl methyl sites for hydroxylation is 1. The monoisotopic (exact) mass is 534 g/mol. The lowest BCUT2D eigenvalue weighted by atomic mass is 9.79. The van der Waals surface area contributed by atoms with Gasteiger partial charge in [0.15, 0.2) is 0 Å². The van der Waals surface area contributed by atoms with Crippen molar-refractivity contribution in [1.29, 1.82) is 0 Å². The minimum atomic E-state index is -0.170. The number of nitrogens with one attached hydrogen (secondary N) is 1. The molecule has 5 rings (SSSR count). The lowest BCUT2D eigenvalue weighted by molar-refractivity contribution is 0.0507. The van der Waals surface area contributed by atoms with E-state index in [1.807, 2.05) is 12.1 Å². The van der Waals surface area contributed by atoms with E-state index in [1.165, 1.54) is 22.5 Å². The maximum Gasteiger partial charge on any atom is 0.127 e. The van der Waals surface area contributed by atoms with E-state index in [1.54, 1.807) is 12.1 Å². The van der Waals surface area contributed by atoms with Gasteiger partial charge in [0.1, 0.15) is 11.6 Å². The third-order valence-corrected chi connectivity index (χ3v) is 9.19. The van der Waals surface area contributed by atoms with Gasteiger partial charge < -0.3 is 9.88 Å². The van der Waals surface area contributed by atoms with Crippen LogP contribution in [0.25, 0.3) is 11.0 Å². The van der Waals surface area contributed by atoms with Crippen LogP contribution in [0.5, 0.6) is 0 Å². The lowest BCUT2D eigenvalue weighted by Crippen LogP contribution is -2.55. The predicted molar refractivity (Wildman–Crippen MR) is 158 cm³/mol. The Morgan fingerprint density at radius 1 is 1.05 bits per heavy atom. The molecule has 2 aliphatic heterocycles. The predicted octanol–water partition coefficient (Wildman–Crippen LogP) is 5.29. The number of likely N-dealkylation sites (tertiary alicyclic amines) is 1. The molecule has 1 aromatic heterocycles. The van der Waals surface area contributed by atoms with Crippen molar-refractivity contribution in [2.75, 3.05) is 40.3 Å². The van der Waals surface area contributed by atoms with Crippen molar-refractivity contribution >= 4 is 11.0 Å². The van der Waals surface area contributed by atoms with Crippen molar-refractivity contribution in [1.82, 2.24) is 29.6 Å². The number of rotatable bonds is 8. The maximum absolute atomic E-state index is 13.6. The summed E-state index contributed by atoms with van der Waals surface area (Å²) < 4.78 is 15.9. The van der Waals surface area contributed by atoms with Crippen LogP contribution in [-0.4, -0.2) is 76.6 Å². The van der Waals surface area contributed by atoms with E-state index >= 15 is 0 Å². The third kappa shape index (κ3) is 5.78. The van der Waals surface area contributed by atoms with Crippen molar-refractivity contribution in [3.8, 4) is 0 Å². The molecule has 3 aromatic rings. The first kappa shape index (κ1) is 28.2. The quantitative estimate of drug-likeness (QED) is 0.425. The Balaban J connectivity index is 1.32. The molecular formula is C32H47FN6. The molecule has 0 amide bonds. The largest absolute Gasteiger partial charge is 0.330 e. The third-order valence-electron chi connectivity index (χ3n) is 9.19. The zero-order chi connectivity index (χ0) is 27.7. The number of piperazine rings is 1. The summed E-state index contributed by atoms with van der Waals surface area (Å²) in [6.45, 7) is 11.9. The minimum Gasteiger partial charge on any atom is -0.330 e. The standard InChI is InChI=1S/C32H47FN6/c1-7-8-30(39-20-23(2)34-24(3)21-39)31-35-28-19-25(9-14-29(28)37(31)6)22-38-17-15-32(16-18-38,36(4)5)26-10-12-27(33)13-11-26/h9-14,19,23-24,30,34H,7-8,15-18,20-22H2,1-6H3/t23-,24+,30?. The van der Waals surface area contributed by atoms with E-state index in [9.17, 15) is 4.39 Å². The zero-order valence-corrected chi connectivity index (χ0v) is 24.8. The van der Waals surface area contributed by atoms with Crippen LogP contribution in [0, 0.1) is 5.82 Å². The smallest absolute Gasteiger partial charge is 0.127 e. The number of fused-ring (bicyclic) bond motifs is 1. The molecule has 0 saturated carbocycles. The number of imidazole rings is 1. The molecule has 1 unspecified atom stereocenters. The first-order chi connectivity index (χ1) is 18.7. The van der Waals surface area contributed by atoms with E-state index in [-0.39, 0.29) is 11.4 Å². The second-order valence-corrected chi connectivity index (χ2v) is 12.3. The molecule has 6 nitrogen and oxygen atoms in total. The molecule has 3 heterocycles. The van der Waals surface area contributed by atoms with Gasteiger partial charge >= 0.3 is 0 Å². The van der Waals surface area contributed by atoms with E-state index in [0.29, 0.717) is 18.1 Å². The molecule has 0 bridgehead atoms.